The van der Waals surface area contributed by atoms with Gasteiger partial charge >= 0.3 is 12.0 Å². The van der Waals surface area contributed by atoms with Gasteiger partial charge in [0.25, 0.3) is 5.91 Å². The van der Waals surface area contributed by atoms with Crippen LogP contribution in [0.25, 0.3) is 10.9 Å². The number of hydrogen-bond donors (Lipinski definition) is 3. The molecule has 0 radical (unpaired) electrons. The lowest BCUT2D eigenvalue weighted by Crippen LogP contribution is -2.41. The van der Waals surface area contributed by atoms with E-state index in [0.717, 1.165) is 35.7 Å². The predicted molar refractivity (Wildman–Crippen MR) is 106 cm³/mol. The van der Waals surface area contributed by atoms with Crippen molar-refractivity contribution in [2.24, 2.45) is 0 Å². The van der Waals surface area contributed by atoms with Crippen LogP contribution in [0.4, 0.5) is 4.79 Å². The number of fused-ring (bicyclic) bond motifs is 1. The number of carbonyl (C=O) groups is 3. The van der Waals surface area contributed by atoms with E-state index in [4.69, 9.17) is 4.74 Å². The average Bonchev–Trinajstić information content (AvgIpc) is 3.10. The summed E-state index contributed by atoms with van der Waals surface area (Å²) in [5.41, 5.74) is 3.09. The Morgan fingerprint density at radius 1 is 1.14 bits per heavy atom. The molecule has 0 saturated heterocycles. The number of allylic oxidation sites excluding steroid dienone is 1. The van der Waals surface area contributed by atoms with Gasteiger partial charge in [-0.2, -0.15) is 0 Å². The predicted octanol–water partition coefficient (Wildman–Crippen LogP) is 2.97. The monoisotopic (exact) mass is 383 g/mol. The van der Waals surface area contributed by atoms with Crippen molar-refractivity contribution in [2.75, 3.05) is 13.2 Å². The van der Waals surface area contributed by atoms with E-state index in [9.17, 15) is 14.4 Å². The molecule has 7 nitrogen and oxygen atoms in total. The van der Waals surface area contributed by atoms with Crippen molar-refractivity contribution in [3.63, 3.8) is 0 Å². The first-order valence-corrected chi connectivity index (χ1v) is 9.58. The number of aromatic amines is 1. The molecule has 2 aromatic rings. The third-order valence-electron chi connectivity index (χ3n) is 4.74. The average molecular weight is 383 g/mol. The summed E-state index contributed by atoms with van der Waals surface area (Å²) in [5, 5.41) is 5.76. The Balaban J connectivity index is 1.34. The molecule has 1 aliphatic carbocycles. The maximum absolute atomic E-state index is 12.0. The van der Waals surface area contributed by atoms with Crippen LogP contribution >= 0.6 is 0 Å². The first-order valence-electron chi connectivity index (χ1n) is 9.58. The van der Waals surface area contributed by atoms with Crippen molar-refractivity contribution in [1.82, 2.24) is 15.6 Å². The molecule has 0 saturated carbocycles. The maximum Gasteiger partial charge on any atom is 0.321 e. The van der Waals surface area contributed by atoms with Gasteiger partial charge in [-0.15, -0.1) is 0 Å². The molecular formula is C21H25N3O4. The largest absolute Gasteiger partial charge is 0.455 e. The minimum atomic E-state index is -0.651. The van der Waals surface area contributed by atoms with Gasteiger partial charge in [-0.25, -0.2) is 4.79 Å². The van der Waals surface area contributed by atoms with Crippen LogP contribution < -0.4 is 10.6 Å². The molecule has 3 N–H and O–H groups in total. The maximum atomic E-state index is 12.0. The highest BCUT2D eigenvalue weighted by Crippen LogP contribution is 2.19. The normalized spacial score (nSPS) is 13.6. The minimum absolute atomic E-state index is 0.0542. The SMILES string of the molecule is O=C(COC(=O)Cc1c[nH]c2ccccc12)NC(=O)NCCC1=CCCCC1. The Bertz CT molecular complexity index is 885. The zero-order chi connectivity index (χ0) is 19.8. The molecule has 1 heterocycles. The fourth-order valence-electron chi connectivity index (χ4n) is 3.31. The van der Waals surface area contributed by atoms with Crippen molar-refractivity contribution in [1.29, 1.82) is 0 Å². The third kappa shape index (κ3) is 5.70. The highest BCUT2D eigenvalue weighted by molar-refractivity contribution is 5.95. The number of aromatic nitrogens is 1. The minimum Gasteiger partial charge on any atom is -0.455 e. The molecule has 1 aromatic carbocycles. The number of ether oxygens (including phenoxy) is 1. The molecule has 1 aliphatic rings. The van der Waals surface area contributed by atoms with Gasteiger partial charge in [0.15, 0.2) is 6.61 Å². The van der Waals surface area contributed by atoms with Crippen molar-refractivity contribution in [2.45, 2.75) is 38.5 Å². The number of benzene rings is 1. The number of urea groups is 1. The van der Waals surface area contributed by atoms with Crippen LogP contribution in [0, 0.1) is 0 Å². The third-order valence-corrected chi connectivity index (χ3v) is 4.74. The smallest absolute Gasteiger partial charge is 0.321 e. The summed E-state index contributed by atoms with van der Waals surface area (Å²) < 4.78 is 4.97. The van der Waals surface area contributed by atoms with Crippen LogP contribution in [-0.4, -0.2) is 36.0 Å². The van der Waals surface area contributed by atoms with Crippen LogP contribution in [0.5, 0.6) is 0 Å². The second kappa shape index (κ2) is 9.73. The molecule has 0 fully saturated rings. The second-order valence-electron chi connectivity index (χ2n) is 6.86. The number of nitrogens with one attached hydrogen (secondary N) is 3. The summed E-state index contributed by atoms with van der Waals surface area (Å²) in [6.45, 7) is -0.00887. The van der Waals surface area contributed by atoms with E-state index in [0.29, 0.717) is 6.54 Å². The van der Waals surface area contributed by atoms with Gasteiger partial charge in [0.05, 0.1) is 6.42 Å². The fourth-order valence-corrected chi connectivity index (χ4v) is 3.31. The van der Waals surface area contributed by atoms with E-state index in [2.05, 4.69) is 21.7 Å². The standard InChI is InChI=1S/C21H25N3O4/c25-19(24-21(27)22-11-10-15-6-2-1-3-7-15)14-28-20(26)12-16-13-23-18-9-5-4-8-17(16)18/h4-6,8-9,13,23H,1-3,7,10-12,14H2,(H2,22,24,25,27). The van der Waals surface area contributed by atoms with Crippen LogP contribution in [-0.2, 0) is 20.7 Å². The number of imide groups is 1. The zero-order valence-corrected chi connectivity index (χ0v) is 15.8. The first-order chi connectivity index (χ1) is 13.6. The Kier molecular flexibility index (Phi) is 6.84. The van der Waals surface area contributed by atoms with Crippen LogP contribution in [0.3, 0.4) is 0 Å². The molecule has 1 aromatic heterocycles. The number of esters is 1. The highest BCUT2D eigenvalue weighted by Gasteiger charge is 2.13. The van der Waals surface area contributed by atoms with Gasteiger partial charge in [0, 0.05) is 23.6 Å². The summed E-state index contributed by atoms with van der Waals surface area (Å²) in [6, 6.07) is 7.05. The molecule has 0 spiro atoms. The number of hydrogen-bond acceptors (Lipinski definition) is 4. The summed E-state index contributed by atoms with van der Waals surface area (Å²) in [6.07, 6.45) is 9.42. The van der Waals surface area contributed by atoms with Gasteiger partial charge < -0.3 is 15.0 Å². The number of carbonyl (C=O) groups excluding carboxylic acids is 3. The summed E-state index contributed by atoms with van der Waals surface area (Å²) in [4.78, 5) is 38.6. The lowest BCUT2D eigenvalue weighted by atomic mass is 9.97. The van der Waals surface area contributed by atoms with E-state index >= 15 is 0 Å². The van der Waals surface area contributed by atoms with Crippen molar-refractivity contribution in [3.05, 3.63) is 47.7 Å². The Hall–Kier alpha value is -3.09. The molecule has 3 amide bonds. The number of para-hydroxylation sites is 1. The summed E-state index contributed by atoms with van der Waals surface area (Å²) in [5.74, 6) is -1.17. The molecule has 148 valence electrons. The van der Waals surface area contributed by atoms with Crippen molar-refractivity contribution < 1.29 is 19.1 Å². The molecule has 0 atom stereocenters. The lowest BCUT2D eigenvalue weighted by molar-refractivity contribution is -0.147. The van der Waals surface area contributed by atoms with E-state index in [1.165, 1.54) is 18.4 Å². The van der Waals surface area contributed by atoms with E-state index < -0.39 is 24.5 Å². The number of rotatable bonds is 7. The van der Waals surface area contributed by atoms with Gasteiger partial charge in [-0.05, 0) is 43.7 Å². The molecule has 0 bridgehead atoms. The van der Waals surface area contributed by atoms with Crippen LogP contribution in [0.15, 0.2) is 42.1 Å². The van der Waals surface area contributed by atoms with Crippen LogP contribution in [0.1, 0.15) is 37.7 Å². The molecule has 0 unspecified atom stereocenters. The first kappa shape index (κ1) is 19.7. The lowest BCUT2D eigenvalue weighted by Gasteiger charge is -2.13. The Morgan fingerprint density at radius 2 is 2.00 bits per heavy atom. The molecular weight excluding hydrogens is 358 g/mol. The van der Waals surface area contributed by atoms with Gasteiger partial charge in [0.2, 0.25) is 0 Å². The molecule has 7 heteroatoms. The highest BCUT2D eigenvalue weighted by atomic mass is 16.5. The van der Waals surface area contributed by atoms with Crippen LogP contribution in [0.2, 0.25) is 0 Å². The summed E-state index contributed by atoms with van der Waals surface area (Å²) >= 11 is 0. The molecule has 28 heavy (non-hydrogen) atoms. The number of amides is 3. The summed E-state index contributed by atoms with van der Waals surface area (Å²) in [7, 11) is 0. The quantitative estimate of drug-likeness (QED) is 0.505. The topological polar surface area (TPSA) is 100 Å². The molecule has 0 aliphatic heterocycles. The van der Waals surface area contributed by atoms with Crippen molar-refractivity contribution >= 4 is 28.8 Å². The van der Waals surface area contributed by atoms with Gasteiger partial charge in [-0.1, -0.05) is 29.8 Å². The molecule has 3 rings (SSSR count). The van der Waals surface area contributed by atoms with E-state index in [-0.39, 0.29) is 6.42 Å². The Labute approximate surface area is 163 Å². The zero-order valence-electron chi connectivity index (χ0n) is 15.8. The number of H-pyrrole nitrogens is 1. The van der Waals surface area contributed by atoms with E-state index in [1.807, 2.05) is 24.3 Å². The fraction of sp³-hybridized carbons (Fsp3) is 0.381. The second-order valence-corrected chi connectivity index (χ2v) is 6.86. The van der Waals surface area contributed by atoms with Gasteiger partial charge in [-0.3, -0.25) is 14.9 Å². The van der Waals surface area contributed by atoms with Crippen molar-refractivity contribution in [3.8, 4) is 0 Å². The van der Waals surface area contributed by atoms with Gasteiger partial charge in [0.1, 0.15) is 0 Å². The Morgan fingerprint density at radius 3 is 2.82 bits per heavy atom. The van der Waals surface area contributed by atoms with E-state index in [1.54, 1.807) is 6.20 Å².